The summed E-state index contributed by atoms with van der Waals surface area (Å²) in [5.74, 6) is 1.66. The lowest BCUT2D eigenvalue weighted by Crippen LogP contribution is -2.29. The van der Waals surface area contributed by atoms with Gasteiger partial charge in [0.05, 0.1) is 16.6 Å². The number of carbonyl (C=O) groups is 1. The van der Waals surface area contributed by atoms with Crippen LogP contribution < -0.4 is 4.74 Å². The quantitative estimate of drug-likeness (QED) is 0.417. The number of aromatic amines is 1. The lowest BCUT2D eigenvalue weighted by atomic mass is 9.77. The molecule has 0 unspecified atom stereocenters. The first kappa shape index (κ1) is 20.4. The van der Waals surface area contributed by atoms with E-state index in [9.17, 15) is 9.90 Å². The van der Waals surface area contributed by atoms with Crippen LogP contribution in [0.3, 0.4) is 0 Å². The largest absolute Gasteiger partial charge is 0.439 e. The van der Waals surface area contributed by atoms with Gasteiger partial charge in [-0.1, -0.05) is 18.2 Å². The van der Waals surface area contributed by atoms with Crippen molar-refractivity contribution in [1.82, 2.24) is 15.0 Å². The molecule has 4 aromatic rings. The second kappa shape index (κ2) is 8.20. The summed E-state index contributed by atoms with van der Waals surface area (Å²) in [5.41, 5.74) is 2.62. The molecule has 6 heteroatoms. The first-order chi connectivity index (χ1) is 15.5. The summed E-state index contributed by atoms with van der Waals surface area (Å²) in [7, 11) is 0. The average Bonchev–Trinajstić information content (AvgIpc) is 3.24. The molecule has 0 spiro atoms. The fourth-order valence-electron chi connectivity index (χ4n) is 4.33. The highest BCUT2D eigenvalue weighted by molar-refractivity contribution is 6.08. The number of ketones is 1. The Labute approximate surface area is 186 Å². The highest BCUT2D eigenvalue weighted by atomic mass is 16.5. The van der Waals surface area contributed by atoms with E-state index in [0.29, 0.717) is 28.9 Å². The number of nitrogens with zero attached hydrogens (tertiary/aromatic N) is 2. The third kappa shape index (κ3) is 4.14. The number of imidazole rings is 1. The number of hydrogen-bond donors (Lipinski definition) is 2. The molecule has 0 amide bonds. The van der Waals surface area contributed by atoms with Gasteiger partial charge < -0.3 is 14.8 Å². The maximum atomic E-state index is 12.8. The molecule has 0 saturated heterocycles. The number of benzene rings is 2. The fraction of sp³-hybridized carbons (Fsp3) is 0.269. The Kier molecular flexibility index (Phi) is 5.23. The second-order valence-electron chi connectivity index (χ2n) is 8.73. The lowest BCUT2D eigenvalue weighted by molar-refractivity contribution is 0.0169. The van der Waals surface area contributed by atoms with E-state index < -0.39 is 5.60 Å². The predicted molar refractivity (Wildman–Crippen MR) is 122 cm³/mol. The molecule has 162 valence electrons. The molecule has 0 bridgehead atoms. The van der Waals surface area contributed by atoms with E-state index in [2.05, 4.69) is 15.0 Å². The molecule has 6 nitrogen and oxygen atoms in total. The molecule has 5 rings (SSSR count). The number of para-hydroxylation sites is 2. The highest BCUT2D eigenvalue weighted by Gasteiger charge is 2.31. The van der Waals surface area contributed by atoms with Gasteiger partial charge >= 0.3 is 0 Å². The summed E-state index contributed by atoms with van der Waals surface area (Å²) >= 11 is 0. The third-order valence-corrected chi connectivity index (χ3v) is 6.24. The summed E-state index contributed by atoms with van der Waals surface area (Å²) in [6.45, 7) is 1.90. The molecule has 32 heavy (non-hydrogen) atoms. The van der Waals surface area contributed by atoms with Gasteiger partial charge in [0.25, 0.3) is 0 Å². The van der Waals surface area contributed by atoms with Crippen LogP contribution in [0.5, 0.6) is 11.6 Å². The van der Waals surface area contributed by atoms with Gasteiger partial charge in [-0.15, -0.1) is 0 Å². The minimum absolute atomic E-state index is 0.166. The zero-order valence-electron chi connectivity index (χ0n) is 17.9. The Bertz CT molecular complexity index is 1220. The van der Waals surface area contributed by atoms with Crippen molar-refractivity contribution in [3.8, 4) is 11.6 Å². The second-order valence-corrected chi connectivity index (χ2v) is 8.73. The van der Waals surface area contributed by atoms with Gasteiger partial charge in [-0.05, 0) is 81.0 Å². The normalized spacial score (nSPS) is 20.9. The molecule has 2 N–H and O–H groups in total. The molecule has 2 aromatic heterocycles. The van der Waals surface area contributed by atoms with Gasteiger partial charge in [0.2, 0.25) is 11.7 Å². The predicted octanol–water partition coefficient (Wildman–Crippen LogP) is 5.39. The van der Waals surface area contributed by atoms with E-state index in [0.717, 1.165) is 42.3 Å². The van der Waals surface area contributed by atoms with Crippen LogP contribution in [0.1, 0.15) is 60.3 Å². The van der Waals surface area contributed by atoms with E-state index in [1.54, 1.807) is 30.5 Å². The van der Waals surface area contributed by atoms with Crippen LogP contribution in [-0.2, 0) is 0 Å². The number of nitrogens with one attached hydrogen (secondary N) is 1. The number of aliphatic hydroxyl groups is 1. The molecular formula is C26H25N3O3. The fourth-order valence-corrected chi connectivity index (χ4v) is 4.33. The van der Waals surface area contributed by atoms with Gasteiger partial charge in [-0.2, -0.15) is 0 Å². The minimum atomic E-state index is -0.581. The number of fused-ring (bicyclic) bond motifs is 1. The van der Waals surface area contributed by atoms with E-state index in [1.165, 1.54) is 0 Å². The Hall–Kier alpha value is -3.51. The lowest BCUT2D eigenvalue weighted by Gasteiger charge is -2.33. The van der Waals surface area contributed by atoms with Crippen LogP contribution in [0.15, 0.2) is 66.9 Å². The zero-order valence-corrected chi connectivity index (χ0v) is 17.9. The molecule has 1 fully saturated rings. The van der Waals surface area contributed by atoms with Crippen LogP contribution in [0.2, 0.25) is 0 Å². The number of ether oxygens (including phenoxy) is 1. The zero-order chi connectivity index (χ0) is 22.1. The van der Waals surface area contributed by atoms with Crippen LogP contribution in [0, 0.1) is 0 Å². The Morgan fingerprint density at radius 2 is 1.81 bits per heavy atom. The molecule has 1 aliphatic rings. The van der Waals surface area contributed by atoms with Crippen molar-refractivity contribution in [2.45, 2.75) is 44.1 Å². The SMILES string of the molecule is C[C@]1(O)CC[C@@H](c2cccnc2Oc2ccc(C(=O)c3nc4ccccc4[nH]3)cc2)CC1. The third-order valence-electron chi connectivity index (χ3n) is 6.24. The van der Waals surface area contributed by atoms with Gasteiger partial charge in [0, 0.05) is 17.3 Å². The maximum absolute atomic E-state index is 12.8. The standard InChI is InChI=1S/C26H25N3O3/c1-26(31)14-12-17(13-15-26)20-5-4-16-27-25(20)32-19-10-8-18(9-11-19)23(30)24-28-21-6-2-3-7-22(21)29-24/h2-11,16-17,31H,12-15H2,1H3,(H,28,29)/t17-,26+. The monoisotopic (exact) mass is 427 g/mol. The first-order valence-electron chi connectivity index (χ1n) is 10.9. The highest BCUT2D eigenvalue weighted by Crippen LogP contribution is 2.41. The van der Waals surface area contributed by atoms with Gasteiger partial charge in [-0.3, -0.25) is 4.79 Å². The number of pyridine rings is 1. The maximum Gasteiger partial charge on any atom is 0.228 e. The molecular weight excluding hydrogens is 402 g/mol. The average molecular weight is 428 g/mol. The van der Waals surface area contributed by atoms with E-state index in [4.69, 9.17) is 4.74 Å². The van der Waals surface area contributed by atoms with Crippen LogP contribution in [0.25, 0.3) is 11.0 Å². The van der Waals surface area contributed by atoms with Crippen molar-refractivity contribution in [3.63, 3.8) is 0 Å². The molecule has 0 aliphatic heterocycles. The molecule has 2 aromatic carbocycles. The van der Waals surface area contributed by atoms with Crippen molar-refractivity contribution in [1.29, 1.82) is 0 Å². The Morgan fingerprint density at radius 1 is 1.06 bits per heavy atom. The van der Waals surface area contributed by atoms with Crippen molar-refractivity contribution in [2.24, 2.45) is 0 Å². The molecule has 1 saturated carbocycles. The van der Waals surface area contributed by atoms with E-state index in [-0.39, 0.29) is 5.78 Å². The molecule has 0 radical (unpaired) electrons. The van der Waals surface area contributed by atoms with Gasteiger partial charge in [0.1, 0.15) is 5.75 Å². The summed E-state index contributed by atoms with van der Waals surface area (Å²) in [4.78, 5) is 24.7. The number of aromatic nitrogens is 3. The van der Waals surface area contributed by atoms with E-state index in [1.807, 2.05) is 43.3 Å². The summed E-state index contributed by atoms with van der Waals surface area (Å²) in [6, 6.07) is 18.6. The Balaban J connectivity index is 1.33. The van der Waals surface area contributed by atoms with Crippen molar-refractivity contribution >= 4 is 16.8 Å². The summed E-state index contributed by atoms with van der Waals surface area (Å²) in [5, 5.41) is 10.3. The minimum Gasteiger partial charge on any atom is -0.439 e. The van der Waals surface area contributed by atoms with Gasteiger partial charge in [0.15, 0.2) is 5.82 Å². The van der Waals surface area contributed by atoms with E-state index >= 15 is 0 Å². The molecule has 1 aliphatic carbocycles. The molecule has 0 atom stereocenters. The number of H-pyrrole nitrogens is 1. The van der Waals surface area contributed by atoms with Crippen LogP contribution in [0.4, 0.5) is 0 Å². The van der Waals surface area contributed by atoms with Crippen molar-refractivity contribution in [3.05, 3.63) is 83.8 Å². The number of carbonyl (C=O) groups excluding carboxylic acids is 1. The van der Waals surface area contributed by atoms with Gasteiger partial charge in [-0.25, -0.2) is 9.97 Å². The molecule has 2 heterocycles. The topological polar surface area (TPSA) is 88.1 Å². The smallest absolute Gasteiger partial charge is 0.228 e. The number of rotatable bonds is 5. The summed E-state index contributed by atoms with van der Waals surface area (Å²) < 4.78 is 6.09. The van der Waals surface area contributed by atoms with Crippen molar-refractivity contribution < 1.29 is 14.6 Å². The van der Waals surface area contributed by atoms with Crippen molar-refractivity contribution in [2.75, 3.05) is 0 Å². The van der Waals surface area contributed by atoms with Crippen LogP contribution >= 0.6 is 0 Å². The Morgan fingerprint density at radius 3 is 2.56 bits per heavy atom. The van der Waals surface area contributed by atoms with Crippen LogP contribution in [-0.4, -0.2) is 31.4 Å². The number of hydrogen-bond acceptors (Lipinski definition) is 5. The summed E-state index contributed by atoms with van der Waals surface area (Å²) in [6.07, 6.45) is 5.06. The first-order valence-corrected chi connectivity index (χ1v) is 10.9.